The van der Waals surface area contributed by atoms with Crippen molar-refractivity contribution in [3.63, 3.8) is 0 Å². The smallest absolute Gasteiger partial charge is 0.337 e. The molecule has 7 nitrogen and oxygen atoms in total. The molecule has 0 aliphatic rings. The minimum absolute atomic E-state index is 0.00529. The third-order valence-electron chi connectivity index (χ3n) is 2.55. The molecule has 1 rings (SSSR count). The minimum atomic E-state index is -1.83. The number of rotatable bonds is 4. The van der Waals surface area contributed by atoms with E-state index in [2.05, 4.69) is 5.32 Å². The first-order valence-corrected chi connectivity index (χ1v) is 7.33. The molecule has 0 fully saturated rings. The topological polar surface area (TPSA) is 113 Å². The number of carbonyl (C=O) groups is 3. The number of nitrogens with one attached hydrogen (secondary N) is 2. The fraction of sp³-hybridized carbons (Fsp3) is 0.250. The molecule has 0 heterocycles. The second kappa shape index (κ2) is 7.19. The molecule has 2 atom stereocenters. The Labute approximate surface area is 128 Å². The molecule has 0 bridgehead atoms. The molecule has 0 aliphatic carbocycles. The van der Waals surface area contributed by atoms with Crippen LogP contribution in [0.3, 0.4) is 0 Å². The summed E-state index contributed by atoms with van der Waals surface area (Å²) in [5.74, 6) is -2.00. The summed E-state index contributed by atoms with van der Waals surface area (Å²) < 4.78 is 12.2. The highest BCUT2D eigenvalue weighted by atomic mass is 35.5. The van der Waals surface area contributed by atoms with Crippen LogP contribution in [-0.2, 0) is 15.6 Å². The summed E-state index contributed by atoms with van der Waals surface area (Å²) in [6, 6.07) is 3.09. The number of carbonyl (C=O) groups excluding carboxylic acids is 2. The van der Waals surface area contributed by atoms with Crippen LogP contribution in [0.5, 0.6) is 0 Å². The van der Waals surface area contributed by atoms with Gasteiger partial charge in [0, 0.05) is 11.9 Å². The number of aromatic carboxylic acids is 1. The first-order valence-electron chi connectivity index (χ1n) is 5.74. The van der Waals surface area contributed by atoms with Crippen molar-refractivity contribution in [1.82, 2.24) is 10.6 Å². The van der Waals surface area contributed by atoms with Crippen LogP contribution in [0.4, 0.5) is 4.79 Å². The Morgan fingerprint density at radius 2 is 1.95 bits per heavy atom. The molecule has 1 aromatic rings. The lowest BCUT2D eigenvalue weighted by molar-refractivity contribution is -0.119. The Morgan fingerprint density at radius 1 is 1.33 bits per heavy atom. The zero-order valence-corrected chi connectivity index (χ0v) is 12.7. The highest BCUT2D eigenvalue weighted by molar-refractivity contribution is 7.86. The van der Waals surface area contributed by atoms with Crippen molar-refractivity contribution in [1.29, 1.82) is 0 Å². The lowest BCUT2D eigenvalue weighted by Gasteiger charge is -2.12. The van der Waals surface area contributed by atoms with Crippen molar-refractivity contribution in [3.8, 4) is 0 Å². The molecule has 0 saturated carbocycles. The Balaban J connectivity index is 2.98. The number of benzene rings is 1. The zero-order chi connectivity index (χ0) is 16.2. The standard InChI is InChI=1S/C12H13ClN2O5S/c1-6(10(16)15-12(19)14-2)21(20)7-3-4-9(13)8(5-7)11(17)18/h3-6H,1-2H3,(H,17,18)(H2,14,15,16,19). The lowest BCUT2D eigenvalue weighted by Crippen LogP contribution is -2.43. The van der Waals surface area contributed by atoms with E-state index in [-0.39, 0.29) is 15.5 Å². The summed E-state index contributed by atoms with van der Waals surface area (Å²) in [5, 5.41) is 12.1. The van der Waals surface area contributed by atoms with Crippen molar-refractivity contribution in [2.75, 3.05) is 7.05 Å². The maximum Gasteiger partial charge on any atom is 0.337 e. The summed E-state index contributed by atoms with van der Waals surface area (Å²) in [7, 11) is -0.490. The second-order valence-corrected chi connectivity index (χ2v) is 6.14. The maximum absolute atomic E-state index is 12.2. The summed E-state index contributed by atoms with van der Waals surface area (Å²) >= 11 is 5.71. The van der Waals surface area contributed by atoms with Gasteiger partial charge in [0.1, 0.15) is 5.25 Å². The molecule has 1 aromatic carbocycles. The number of halogens is 1. The fourth-order valence-electron chi connectivity index (χ4n) is 1.37. The van der Waals surface area contributed by atoms with Gasteiger partial charge in [-0.3, -0.25) is 14.3 Å². The number of carboxylic acid groups (broad SMARTS) is 1. The monoisotopic (exact) mass is 332 g/mol. The predicted octanol–water partition coefficient (Wildman–Crippen LogP) is 0.990. The van der Waals surface area contributed by atoms with E-state index < -0.39 is 34.0 Å². The van der Waals surface area contributed by atoms with Gasteiger partial charge < -0.3 is 10.4 Å². The molecule has 0 aromatic heterocycles. The van der Waals surface area contributed by atoms with Crippen LogP contribution in [0.25, 0.3) is 0 Å². The van der Waals surface area contributed by atoms with E-state index >= 15 is 0 Å². The van der Waals surface area contributed by atoms with Crippen LogP contribution in [-0.4, -0.2) is 39.5 Å². The first-order chi connectivity index (χ1) is 9.77. The van der Waals surface area contributed by atoms with Gasteiger partial charge in [0.05, 0.1) is 21.4 Å². The van der Waals surface area contributed by atoms with Gasteiger partial charge in [0.2, 0.25) is 5.91 Å². The van der Waals surface area contributed by atoms with E-state index in [1.54, 1.807) is 0 Å². The van der Waals surface area contributed by atoms with Gasteiger partial charge in [0.15, 0.2) is 0 Å². The summed E-state index contributed by atoms with van der Waals surface area (Å²) in [5.41, 5.74) is -0.207. The quantitative estimate of drug-likeness (QED) is 0.761. The number of hydrogen-bond donors (Lipinski definition) is 3. The molecule has 114 valence electrons. The van der Waals surface area contributed by atoms with Gasteiger partial charge in [-0.25, -0.2) is 9.59 Å². The fourth-order valence-corrected chi connectivity index (χ4v) is 2.67. The predicted molar refractivity (Wildman–Crippen MR) is 76.9 cm³/mol. The minimum Gasteiger partial charge on any atom is -0.478 e. The molecule has 0 spiro atoms. The maximum atomic E-state index is 12.2. The molecule has 21 heavy (non-hydrogen) atoms. The Hall–Kier alpha value is -1.93. The van der Waals surface area contributed by atoms with Crippen LogP contribution < -0.4 is 10.6 Å². The van der Waals surface area contributed by atoms with Crippen molar-refractivity contribution in [2.24, 2.45) is 0 Å². The Morgan fingerprint density at radius 3 is 2.48 bits per heavy atom. The number of imide groups is 1. The summed E-state index contributed by atoms with van der Waals surface area (Å²) in [6.07, 6.45) is 0. The van der Waals surface area contributed by atoms with Crippen LogP contribution >= 0.6 is 11.6 Å². The highest BCUT2D eigenvalue weighted by Gasteiger charge is 2.24. The van der Waals surface area contributed by atoms with Gasteiger partial charge in [-0.15, -0.1) is 0 Å². The average molecular weight is 333 g/mol. The third kappa shape index (κ3) is 4.27. The van der Waals surface area contributed by atoms with Crippen LogP contribution in [0.1, 0.15) is 17.3 Å². The van der Waals surface area contributed by atoms with Crippen LogP contribution in [0, 0.1) is 0 Å². The number of hydrogen-bond acceptors (Lipinski definition) is 4. The van der Waals surface area contributed by atoms with Crippen molar-refractivity contribution >= 4 is 40.3 Å². The zero-order valence-electron chi connectivity index (χ0n) is 11.2. The van der Waals surface area contributed by atoms with Crippen molar-refractivity contribution in [2.45, 2.75) is 17.1 Å². The lowest BCUT2D eigenvalue weighted by atomic mass is 10.2. The van der Waals surface area contributed by atoms with E-state index in [1.165, 1.54) is 26.1 Å². The van der Waals surface area contributed by atoms with Gasteiger partial charge in [-0.1, -0.05) is 11.6 Å². The Kier molecular flexibility index (Phi) is 5.86. The van der Waals surface area contributed by atoms with Crippen molar-refractivity contribution < 1.29 is 23.7 Å². The molecular weight excluding hydrogens is 320 g/mol. The summed E-state index contributed by atoms with van der Waals surface area (Å²) in [6.45, 7) is 1.36. The number of carboxylic acids is 1. The second-order valence-electron chi connectivity index (χ2n) is 3.95. The molecule has 0 radical (unpaired) electrons. The Bertz CT molecular complexity index is 620. The third-order valence-corrected chi connectivity index (χ3v) is 4.46. The largest absolute Gasteiger partial charge is 0.478 e. The normalized spacial score (nSPS) is 13.1. The van der Waals surface area contributed by atoms with E-state index in [4.69, 9.17) is 16.7 Å². The number of amides is 3. The van der Waals surface area contributed by atoms with Crippen LogP contribution in [0.15, 0.2) is 23.1 Å². The van der Waals surface area contributed by atoms with Gasteiger partial charge in [0.25, 0.3) is 0 Å². The first kappa shape index (κ1) is 17.1. The molecule has 3 amide bonds. The van der Waals surface area contributed by atoms with Gasteiger partial charge in [-0.05, 0) is 25.1 Å². The molecule has 0 aliphatic heterocycles. The average Bonchev–Trinajstić information content (AvgIpc) is 2.45. The van der Waals surface area contributed by atoms with Crippen LogP contribution in [0.2, 0.25) is 5.02 Å². The van der Waals surface area contributed by atoms with E-state index in [1.807, 2.05) is 5.32 Å². The molecule has 0 saturated heterocycles. The van der Waals surface area contributed by atoms with E-state index in [0.29, 0.717) is 0 Å². The highest BCUT2D eigenvalue weighted by Crippen LogP contribution is 2.21. The molecule has 2 unspecified atom stereocenters. The molecular formula is C12H13ClN2O5S. The molecule has 3 N–H and O–H groups in total. The molecule has 9 heteroatoms. The van der Waals surface area contributed by atoms with Gasteiger partial charge >= 0.3 is 12.0 Å². The van der Waals surface area contributed by atoms with Crippen molar-refractivity contribution in [3.05, 3.63) is 28.8 Å². The van der Waals surface area contributed by atoms with Gasteiger partial charge in [-0.2, -0.15) is 0 Å². The van der Waals surface area contributed by atoms with E-state index in [9.17, 15) is 18.6 Å². The number of urea groups is 1. The SMILES string of the molecule is CNC(=O)NC(=O)C(C)S(=O)c1ccc(Cl)c(C(=O)O)c1. The summed E-state index contributed by atoms with van der Waals surface area (Å²) in [4.78, 5) is 33.8. The van der Waals surface area contributed by atoms with E-state index in [0.717, 1.165) is 6.07 Å².